The van der Waals surface area contributed by atoms with Gasteiger partial charge in [-0.1, -0.05) is 19.9 Å². The van der Waals surface area contributed by atoms with Gasteiger partial charge in [0, 0.05) is 17.8 Å². The van der Waals surface area contributed by atoms with Crippen LogP contribution in [-0.4, -0.2) is 9.97 Å². The molecule has 84 valence electrons. The van der Waals surface area contributed by atoms with Crippen LogP contribution in [0.3, 0.4) is 0 Å². The summed E-state index contributed by atoms with van der Waals surface area (Å²) >= 11 is 1.62. The van der Waals surface area contributed by atoms with Gasteiger partial charge in [0.05, 0.1) is 11.7 Å². The van der Waals surface area contributed by atoms with Crippen LogP contribution in [0.1, 0.15) is 42.1 Å². The van der Waals surface area contributed by atoms with Crippen molar-refractivity contribution in [3.63, 3.8) is 0 Å². The second-order valence-corrected chi connectivity index (χ2v) is 4.92. The van der Waals surface area contributed by atoms with Gasteiger partial charge in [-0.15, -0.1) is 11.3 Å². The van der Waals surface area contributed by atoms with Gasteiger partial charge < -0.3 is 5.73 Å². The third kappa shape index (κ3) is 2.28. The maximum absolute atomic E-state index is 6.14. The lowest BCUT2D eigenvalue weighted by Crippen LogP contribution is -2.11. The van der Waals surface area contributed by atoms with Gasteiger partial charge in [0.25, 0.3) is 0 Å². The fraction of sp³-hybridized carbons (Fsp3) is 0.333. The molecule has 2 rings (SSSR count). The monoisotopic (exact) mass is 233 g/mol. The molecule has 16 heavy (non-hydrogen) atoms. The Bertz CT molecular complexity index is 450. The quantitative estimate of drug-likeness (QED) is 0.886. The summed E-state index contributed by atoms with van der Waals surface area (Å²) in [5.41, 5.74) is 8.25. The maximum atomic E-state index is 6.14. The molecule has 4 heteroatoms. The third-order valence-corrected chi connectivity index (χ3v) is 3.39. The Morgan fingerprint density at radius 3 is 2.75 bits per heavy atom. The minimum Gasteiger partial charge on any atom is -0.318 e. The Morgan fingerprint density at radius 2 is 2.19 bits per heavy atom. The number of nitrogens with two attached hydrogens (primary N) is 1. The van der Waals surface area contributed by atoms with Gasteiger partial charge in [-0.2, -0.15) is 0 Å². The molecule has 0 aliphatic rings. The van der Waals surface area contributed by atoms with Crippen molar-refractivity contribution in [2.24, 2.45) is 5.73 Å². The number of hydrogen-bond donors (Lipinski definition) is 1. The van der Waals surface area contributed by atoms with Gasteiger partial charge in [-0.05, 0) is 17.5 Å². The first-order valence-electron chi connectivity index (χ1n) is 5.29. The largest absolute Gasteiger partial charge is 0.318 e. The van der Waals surface area contributed by atoms with Crippen LogP contribution in [0.4, 0.5) is 0 Å². The number of pyridine rings is 1. The summed E-state index contributed by atoms with van der Waals surface area (Å²) in [7, 11) is 0. The van der Waals surface area contributed by atoms with Crippen LogP contribution < -0.4 is 5.73 Å². The molecular weight excluding hydrogens is 218 g/mol. The molecule has 3 nitrogen and oxygen atoms in total. The van der Waals surface area contributed by atoms with Gasteiger partial charge in [-0.3, -0.25) is 4.98 Å². The third-order valence-electron chi connectivity index (χ3n) is 2.44. The van der Waals surface area contributed by atoms with E-state index >= 15 is 0 Å². The highest BCUT2D eigenvalue weighted by Gasteiger charge is 2.14. The second-order valence-electron chi connectivity index (χ2n) is 4.03. The van der Waals surface area contributed by atoms with Gasteiger partial charge in [-0.25, -0.2) is 4.98 Å². The Morgan fingerprint density at radius 1 is 1.38 bits per heavy atom. The van der Waals surface area contributed by atoms with Crippen molar-refractivity contribution in [3.8, 4) is 0 Å². The van der Waals surface area contributed by atoms with Crippen LogP contribution >= 0.6 is 11.3 Å². The Hall–Kier alpha value is -1.26. The lowest BCUT2D eigenvalue weighted by molar-refractivity contribution is 0.793. The van der Waals surface area contributed by atoms with E-state index in [1.165, 1.54) is 0 Å². The lowest BCUT2D eigenvalue weighted by atomic mass is 10.1. The van der Waals surface area contributed by atoms with Crippen LogP contribution in [0.5, 0.6) is 0 Å². The molecule has 0 bridgehead atoms. The van der Waals surface area contributed by atoms with Crippen molar-refractivity contribution in [3.05, 3.63) is 46.2 Å². The van der Waals surface area contributed by atoms with E-state index in [0.29, 0.717) is 5.92 Å². The van der Waals surface area contributed by atoms with Crippen molar-refractivity contribution in [2.75, 3.05) is 0 Å². The standard InChI is InChI=1S/C12H15N3S/c1-8(2)10-7-16-12(15-10)11(13)9-4-3-5-14-6-9/h3-8,11H,13H2,1-2H3. The molecule has 0 radical (unpaired) electrons. The molecule has 2 heterocycles. The fourth-order valence-corrected chi connectivity index (χ4v) is 2.42. The molecule has 2 aromatic heterocycles. The summed E-state index contributed by atoms with van der Waals surface area (Å²) < 4.78 is 0. The van der Waals surface area contributed by atoms with Gasteiger partial charge in [0.1, 0.15) is 5.01 Å². The molecule has 0 aliphatic heterocycles. The molecule has 0 amide bonds. The smallest absolute Gasteiger partial charge is 0.114 e. The molecule has 0 aliphatic carbocycles. The van der Waals surface area contributed by atoms with Crippen LogP contribution in [0.2, 0.25) is 0 Å². The summed E-state index contributed by atoms with van der Waals surface area (Å²) in [6.07, 6.45) is 3.54. The van der Waals surface area contributed by atoms with E-state index in [4.69, 9.17) is 5.73 Å². The average molecular weight is 233 g/mol. The highest BCUT2D eigenvalue weighted by molar-refractivity contribution is 7.09. The van der Waals surface area contributed by atoms with Crippen LogP contribution in [0, 0.1) is 0 Å². The molecule has 1 atom stereocenters. The first kappa shape index (κ1) is 11.2. The predicted octanol–water partition coefficient (Wildman–Crippen LogP) is 2.71. The van der Waals surface area contributed by atoms with Crippen molar-refractivity contribution >= 4 is 11.3 Å². The Labute approximate surface area is 99.4 Å². The van der Waals surface area contributed by atoms with E-state index in [1.807, 2.05) is 12.1 Å². The van der Waals surface area contributed by atoms with Crippen molar-refractivity contribution in [1.29, 1.82) is 0 Å². The number of rotatable bonds is 3. The van der Waals surface area contributed by atoms with Crippen LogP contribution in [0.25, 0.3) is 0 Å². The molecule has 2 aromatic rings. The van der Waals surface area contributed by atoms with E-state index in [2.05, 4.69) is 29.2 Å². The zero-order valence-electron chi connectivity index (χ0n) is 9.42. The number of aromatic nitrogens is 2. The number of thiazole rings is 1. The summed E-state index contributed by atoms with van der Waals surface area (Å²) in [5.74, 6) is 0.450. The zero-order chi connectivity index (χ0) is 11.5. The van der Waals surface area contributed by atoms with Gasteiger partial charge in [0.2, 0.25) is 0 Å². The average Bonchev–Trinajstić information content (AvgIpc) is 2.78. The Kier molecular flexibility index (Phi) is 3.31. The summed E-state index contributed by atoms with van der Waals surface area (Å²) in [6.45, 7) is 4.27. The highest BCUT2D eigenvalue weighted by atomic mass is 32.1. The molecule has 2 N–H and O–H groups in total. The van der Waals surface area contributed by atoms with Gasteiger partial charge >= 0.3 is 0 Å². The topological polar surface area (TPSA) is 51.8 Å². The minimum atomic E-state index is -0.161. The zero-order valence-corrected chi connectivity index (χ0v) is 10.2. The fourth-order valence-electron chi connectivity index (χ4n) is 1.41. The summed E-state index contributed by atoms with van der Waals surface area (Å²) in [6, 6.07) is 3.71. The van der Waals surface area contributed by atoms with Crippen molar-refractivity contribution < 1.29 is 0 Å². The van der Waals surface area contributed by atoms with E-state index < -0.39 is 0 Å². The van der Waals surface area contributed by atoms with Gasteiger partial charge in [0.15, 0.2) is 0 Å². The number of nitrogens with zero attached hydrogens (tertiary/aromatic N) is 2. The molecular formula is C12H15N3S. The predicted molar refractivity (Wildman–Crippen MR) is 66.5 cm³/mol. The minimum absolute atomic E-state index is 0.161. The SMILES string of the molecule is CC(C)c1csc(C(N)c2cccnc2)n1. The molecule has 0 spiro atoms. The molecule has 1 unspecified atom stereocenters. The second kappa shape index (κ2) is 4.72. The first-order valence-corrected chi connectivity index (χ1v) is 6.17. The molecule has 0 saturated heterocycles. The van der Waals surface area contributed by atoms with Crippen molar-refractivity contribution in [1.82, 2.24) is 9.97 Å². The normalized spacial score (nSPS) is 13.0. The van der Waals surface area contributed by atoms with Crippen molar-refractivity contribution in [2.45, 2.75) is 25.8 Å². The molecule has 0 fully saturated rings. The van der Waals surface area contributed by atoms with Crippen LogP contribution in [0.15, 0.2) is 29.9 Å². The maximum Gasteiger partial charge on any atom is 0.114 e. The summed E-state index contributed by atoms with van der Waals surface area (Å²) in [4.78, 5) is 8.62. The molecule has 0 saturated carbocycles. The van der Waals surface area contributed by atoms with E-state index in [0.717, 1.165) is 16.3 Å². The first-order chi connectivity index (χ1) is 7.68. The highest BCUT2D eigenvalue weighted by Crippen LogP contribution is 2.25. The lowest BCUT2D eigenvalue weighted by Gasteiger charge is -2.07. The summed E-state index contributed by atoms with van der Waals surface area (Å²) in [5, 5.41) is 3.03. The van der Waals surface area contributed by atoms with Crippen LogP contribution in [-0.2, 0) is 0 Å². The number of hydrogen-bond acceptors (Lipinski definition) is 4. The van der Waals surface area contributed by atoms with E-state index in [1.54, 1.807) is 23.7 Å². The Balaban J connectivity index is 2.24. The molecule has 0 aromatic carbocycles. The van der Waals surface area contributed by atoms with E-state index in [9.17, 15) is 0 Å². The van der Waals surface area contributed by atoms with E-state index in [-0.39, 0.29) is 6.04 Å².